The Hall–Kier alpha value is -0.400. The average molecular weight is 355 g/mol. The fourth-order valence-electron chi connectivity index (χ4n) is 2.37. The molecule has 122 valence electrons. The summed E-state index contributed by atoms with van der Waals surface area (Å²) in [6, 6.07) is 0.458. The molecule has 1 saturated heterocycles. The molecule has 1 atom stereocenters. The standard InChI is InChI=1S/C13H22N4OS.2ClH/c1-16(2)10-4-3-7-17(8-10)13(18)11-9-19-12(15-11)5-6-14;;/h9-10H,3-8,14H2,1-2H3;2*1H. The zero-order valence-corrected chi connectivity index (χ0v) is 14.9. The third kappa shape index (κ3) is 5.38. The molecule has 0 radical (unpaired) electrons. The van der Waals surface area contributed by atoms with Crippen molar-refractivity contribution in [1.82, 2.24) is 14.8 Å². The van der Waals surface area contributed by atoms with Gasteiger partial charge in [-0.15, -0.1) is 36.2 Å². The Labute approximate surface area is 142 Å². The van der Waals surface area contributed by atoms with E-state index in [-0.39, 0.29) is 30.7 Å². The first-order valence-electron chi connectivity index (χ1n) is 6.72. The van der Waals surface area contributed by atoms with Crippen LogP contribution in [0.1, 0.15) is 28.3 Å². The SMILES string of the molecule is CN(C)C1CCCN(C(=O)c2csc(CCN)n2)C1.Cl.Cl. The molecule has 0 aliphatic carbocycles. The van der Waals surface area contributed by atoms with E-state index < -0.39 is 0 Å². The summed E-state index contributed by atoms with van der Waals surface area (Å²) in [7, 11) is 4.14. The van der Waals surface area contributed by atoms with E-state index in [1.807, 2.05) is 10.3 Å². The van der Waals surface area contributed by atoms with Crippen LogP contribution in [0.25, 0.3) is 0 Å². The molecule has 21 heavy (non-hydrogen) atoms. The van der Waals surface area contributed by atoms with E-state index in [1.165, 1.54) is 11.3 Å². The second-order valence-corrected chi connectivity index (χ2v) is 6.12. The Kier molecular flexibility index (Phi) is 9.40. The summed E-state index contributed by atoms with van der Waals surface area (Å²) in [5.74, 6) is 0.0612. The number of carbonyl (C=O) groups is 1. The number of likely N-dealkylation sites (tertiary alicyclic amines) is 1. The van der Waals surface area contributed by atoms with Crippen LogP contribution in [0.15, 0.2) is 5.38 Å². The van der Waals surface area contributed by atoms with Crippen molar-refractivity contribution in [3.63, 3.8) is 0 Å². The molecule has 8 heteroatoms. The molecule has 2 N–H and O–H groups in total. The number of hydrogen-bond donors (Lipinski definition) is 1. The highest BCUT2D eigenvalue weighted by Gasteiger charge is 2.26. The fraction of sp³-hybridized carbons (Fsp3) is 0.692. The first kappa shape index (κ1) is 20.6. The molecule has 1 aromatic rings. The van der Waals surface area contributed by atoms with E-state index in [0.29, 0.717) is 18.3 Å². The molecule has 0 spiro atoms. The van der Waals surface area contributed by atoms with Gasteiger partial charge in [0.15, 0.2) is 0 Å². The summed E-state index contributed by atoms with van der Waals surface area (Å²) >= 11 is 1.52. The van der Waals surface area contributed by atoms with Crippen molar-refractivity contribution in [2.24, 2.45) is 5.73 Å². The van der Waals surface area contributed by atoms with Crippen LogP contribution in [0.5, 0.6) is 0 Å². The van der Waals surface area contributed by atoms with Crippen molar-refractivity contribution in [3.8, 4) is 0 Å². The molecule has 1 aliphatic heterocycles. The topological polar surface area (TPSA) is 62.5 Å². The summed E-state index contributed by atoms with van der Waals surface area (Å²) in [4.78, 5) is 20.9. The van der Waals surface area contributed by atoms with Gasteiger partial charge in [0.1, 0.15) is 5.69 Å². The van der Waals surface area contributed by atoms with Gasteiger partial charge in [-0.05, 0) is 33.5 Å². The largest absolute Gasteiger partial charge is 0.336 e. The molecule has 1 aliphatic rings. The first-order valence-corrected chi connectivity index (χ1v) is 7.60. The number of nitrogens with zero attached hydrogens (tertiary/aromatic N) is 3. The van der Waals surface area contributed by atoms with Crippen LogP contribution >= 0.6 is 36.2 Å². The van der Waals surface area contributed by atoms with Gasteiger partial charge < -0.3 is 15.5 Å². The lowest BCUT2D eigenvalue weighted by molar-refractivity contribution is 0.0630. The maximum absolute atomic E-state index is 12.4. The molecule has 1 fully saturated rings. The van der Waals surface area contributed by atoms with Crippen LogP contribution in [0.3, 0.4) is 0 Å². The van der Waals surface area contributed by atoms with Gasteiger partial charge in [-0.3, -0.25) is 4.79 Å². The van der Waals surface area contributed by atoms with Crippen molar-refractivity contribution in [1.29, 1.82) is 0 Å². The Morgan fingerprint density at radius 2 is 2.24 bits per heavy atom. The van der Waals surface area contributed by atoms with Crippen LogP contribution in [0, 0.1) is 0 Å². The van der Waals surface area contributed by atoms with Gasteiger partial charge in [0.25, 0.3) is 5.91 Å². The highest BCUT2D eigenvalue weighted by molar-refractivity contribution is 7.09. The summed E-state index contributed by atoms with van der Waals surface area (Å²) in [5, 5.41) is 2.80. The average Bonchev–Trinajstić information content (AvgIpc) is 2.87. The first-order chi connectivity index (χ1) is 9.11. The zero-order chi connectivity index (χ0) is 13.8. The minimum Gasteiger partial charge on any atom is -0.336 e. The van der Waals surface area contributed by atoms with Crippen molar-refractivity contribution >= 4 is 42.1 Å². The van der Waals surface area contributed by atoms with E-state index in [1.54, 1.807) is 0 Å². The zero-order valence-electron chi connectivity index (χ0n) is 12.4. The third-order valence-electron chi connectivity index (χ3n) is 3.54. The Morgan fingerprint density at radius 1 is 1.52 bits per heavy atom. The monoisotopic (exact) mass is 354 g/mol. The predicted molar refractivity (Wildman–Crippen MR) is 92.0 cm³/mol. The number of halogens is 2. The number of likely N-dealkylation sites (N-methyl/N-ethyl adjacent to an activating group) is 1. The molecule has 2 heterocycles. The number of piperidine rings is 1. The maximum Gasteiger partial charge on any atom is 0.273 e. The number of nitrogens with two attached hydrogens (primary N) is 1. The molecule has 0 saturated carbocycles. The Morgan fingerprint density at radius 3 is 2.86 bits per heavy atom. The molecular formula is C13H24Cl2N4OS. The third-order valence-corrected chi connectivity index (χ3v) is 4.45. The van der Waals surface area contributed by atoms with E-state index >= 15 is 0 Å². The summed E-state index contributed by atoms with van der Waals surface area (Å²) in [5.41, 5.74) is 6.08. The molecule has 1 amide bonds. The van der Waals surface area contributed by atoms with Gasteiger partial charge in [-0.25, -0.2) is 4.98 Å². The summed E-state index contributed by atoms with van der Waals surface area (Å²) in [6.07, 6.45) is 2.97. The Balaban J connectivity index is 0.00000200. The predicted octanol–water partition coefficient (Wildman–Crippen LogP) is 1.65. The van der Waals surface area contributed by atoms with Crippen molar-refractivity contribution in [3.05, 3.63) is 16.1 Å². The number of hydrogen-bond acceptors (Lipinski definition) is 5. The number of thiazole rings is 1. The van der Waals surface area contributed by atoms with E-state index in [0.717, 1.165) is 37.4 Å². The second kappa shape index (κ2) is 9.58. The lowest BCUT2D eigenvalue weighted by atomic mass is 10.0. The van der Waals surface area contributed by atoms with E-state index in [4.69, 9.17) is 5.73 Å². The normalized spacial score (nSPS) is 18.1. The van der Waals surface area contributed by atoms with Crippen LogP contribution in [-0.2, 0) is 6.42 Å². The van der Waals surface area contributed by atoms with E-state index in [2.05, 4.69) is 24.0 Å². The van der Waals surface area contributed by atoms with Crippen molar-refractivity contribution in [2.45, 2.75) is 25.3 Å². The summed E-state index contributed by atoms with van der Waals surface area (Å²) in [6.45, 7) is 2.22. The number of amides is 1. The minimum absolute atomic E-state index is 0. The van der Waals surface area contributed by atoms with Crippen LogP contribution in [0.4, 0.5) is 0 Å². The van der Waals surface area contributed by atoms with E-state index in [9.17, 15) is 4.79 Å². The van der Waals surface area contributed by atoms with Gasteiger partial charge in [0.2, 0.25) is 0 Å². The van der Waals surface area contributed by atoms with Gasteiger partial charge in [0, 0.05) is 30.9 Å². The number of rotatable bonds is 4. The Bertz CT molecular complexity index is 442. The molecule has 5 nitrogen and oxygen atoms in total. The van der Waals surface area contributed by atoms with Gasteiger partial charge in [-0.1, -0.05) is 0 Å². The highest BCUT2D eigenvalue weighted by atomic mass is 35.5. The lowest BCUT2D eigenvalue weighted by Gasteiger charge is -2.35. The van der Waals surface area contributed by atoms with Crippen LogP contribution in [0.2, 0.25) is 0 Å². The summed E-state index contributed by atoms with van der Waals surface area (Å²) < 4.78 is 0. The second-order valence-electron chi connectivity index (χ2n) is 5.18. The van der Waals surface area contributed by atoms with Gasteiger partial charge >= 0.3 is 0 Å². The molecule has 0 aromatic carbocycles. The van der Waals surface area contributed by atoms with Crippen LogP contribution in [-0.4, -0.2) is 60.5 Å². The molecular weight excluding hydrogens is 331 g/mol. The quantitative estimate of drug-likeness (QED) is 0.892. The smallest absolute Gasteiger partial charge is 0.273 e. The van der Waals surface area contributed by atoms with Crippen molar-refractivity contribution < 1.29 is 4.79 Å². The number of carbonyl (C=O) groups excluding carboxylic acids is 1. The highest BCUT2D eigenvalue weighted by Crippen LogP contribution is 2.18. The molecule has 2 rings (SSSR count). The number of aromatic nitrogens is 1. The molecule has 1 unspecified atom stereocenters. The van der Waals surface area contributed by atoms with Crippen molar-refractivity contribution in [2.75, 3.05) is 33.7 Å². The van der Waals surface area contributed by atoms with Gasteiger partial charge in [-0.2, -0.15) is 0 Å². The maximum atomic E-state index is 12.4. The van der Waals surface area contributed by atoms with Crippen LogP contribution < -0.4 is 5.73 Å². The lowest BCUT2D eigenvalue weighted by Crippen LogP contribution is -2.47. The van der Waals surface area contributed by atoms with Gasteiger partial charge in [0.05, 0.1) is 5.01 Å². The molecule has 0 bridgehead atoms. The fourth-order valence-corrected chi connectivity index (χ4v) is 3.16. The minimum atomic E-state index is 0. The molecule has 1 aromatic heterocycles.